The van der Waals surface area contributed by atoms with E-state index in [9.17, 15) is 13.0 Å². The molecule has 1 aromatic rings. The Morgan fingerprint density at radius 3 is 1.60 bits per heavy atom. The molecule has 0 bridgehead atoms. The first-order valence-corrected chi connectivity index (χ1v) is 13.6. The Morgan fingerprint density at radius 1 is 0.767 bits per heavy atom. The maximum Gasteiger partial charge on any atom is 0.124 e. The fourth-order valence-electron chi connectivity index (χ4n) is 3.60. The third kappa shape index (κ3) is 13.6. The monoisotopic (exact) mass is 461 g/mol. The van der Waals surface area contributed by atoms with Gasteiger partial charge in [0.15, 0.2) is 0 Å². The summed E-state index contributed by atoms with van der Waals surface area (Å²) in [4.78, 5) is -0.178. The Bertz CT molecular complexity index is 612. The molecule has 0 spiro atoms. The van der Waals surface area contributed by atoms with Crippen LogP contribution in [0, 0.1) is 6.92 Å². The molecule has 0 atom stereocenters. The van der Waals surface area contributed by atoms with E-state index in [2.05, 4.69) is 20.8 Å². The zero-order valence-electron chi connectivity index (χ0n) is 19.7. The molecule has 0 radical (unpaired) electrons. The summed E-state index contributed by atoms with van der Waals surface area (Å²) in [5.41, 5.74) is 0.928. The summed E-state index contributed by atoms with van der Waals surface area (Å²) >= 11 is 5.86. The summed E-state index contributed by atoms with van der Waals surface area (Å²) in [5, 5.41) is 0. The van der Waals surface area contributed by atoms with Gasteiger partial charge in [-0.25, -0.2) is 8.42 Å². The van der Waals surface area contributed by atoms with Gasteiger partial charge in [-0.1, -0.05) is 57.7 Å². The van der Waals surface area contributed by atoms with Gasteiger partial charge in [-0.2, -0.15) is 0 Å². The maximum atomic E-state index is 10.4. The molecule has 6 heteroatoms. The highest BCUT2D eigenvalue weighted by Gasteiger charge is 2.25. The van der Waals surface area contributed by atoms with Gasteiger partial charge in [0.2, 0.25) is 0 Å². The Balaban J connectivity index is 0.000000642. The van der Waals surface area contributed by atoms with Crippen LogP contribution in [0.3, 0.4) is 0 Å². The van der Waals surface area contributed by atoms with Crippen molar-refractivity contribution in [2.75, 3.05) is 32.1 Å². The van der Waals surface area contributed by atoms with Crippen LogP contribution in [0.4, 0.5) is 0 Å². The topological polar surface area (TPSA) is 57.2 Å². The summed E-state index contributed by atoms with van der Waals surface area (Å²) in [6.07, 6.45) is 12.1. The van der Waals surface area contributed by atoms with Gasteiger partial charge in [0.05, 0.1) is 31.1 Å². The summed E-state index contributed by atoms with van der Waals surface area (Å²) in [6, 6.07) is 5.78. The van der Waals surface area contributed by atoms with Crippen molar-refractivity contribution in [3.05, 3.63) is 29.8 Å². The highest BCUT2D eigenvalue weighted by molar-refractivity contribution is 7.85. The van der Waals surface area contributed by atoms with Crippen LogP contribution in [0.5, 0.6) is 0 Å². The van der Waals surface area contributed by atoms with Crippen molar-refractivity contribution >= 4 is 21.7 Å². The van der Waals surface area contributed by atoms with Crippen LogP contribution in [0.2, 0.25) is 0 Å². The van der Waals surface area contributed by atoms with Crippen molar-refractivity contribution < 1.29 is 17.5 Å². The standard InChI is InChI=1S/C17H37ClN.C7H8O3S/c1-4-7-11-16-19(14-8-5-2,15-9-6-3)17-12-10-13-18;1-6-2-4-7(5-3-6)11(8,9)10/h4-17H2,1-3H3;2-5H,1H3,(H,8,9,10)/q+1;/p-1. The first-order chi connectivity index (χ1) is 14.2. The molecule has 0 heterocycles. The lowest BCUT2D eigenvalue weighted by Crippen LogP contribution is -2.50. The second-order valence-electron chi connectivity index (χ2n) is 8.31. The molecule has 0 saturated heterocycles. The molecule has 1 rings (SSSR count). The number of hydrogen-bond donors (Lipinski definition) is 0. The van der Waals surface area contributed by atoms with Crippen LogP contribution in [0.15, 0.2) is 29.2 Å². The molecule has 0 aliphatic rings. The average Bonchev–Trinajstić information content (AvgIpc) is 2.71. The third-order valence-corrected chi connectivity index (χ3v) is 6.65. The number of quaternary nitrogens is 1. The van der Waals surface area contributed by atoms with Crippen LogP contribution in [-0.2, 0) is 10.1 Å². The van der Waals surface area contributed by atoms with Crippen molar-refractivity contribution in [1.82, 2.24) is 0 Å². The summed E-state index contributed by atoms with van der Waals surface area (Å²) in [7, 11) is -4.27. The zero-order chi connectivity index (χ0) is 22.9. The average molecular weight is 462 g/mol. The molecular formula is C24H44ClNO3S. The minimum Gasteiger partial charge on any atom is -0.744 e. The van der Waals surface area contributed by atoms with Gasteiger partial charge in [0.1, 0.15) is 10.1 Å². The molecule has 0 aliphatic carbocycles. The Labute approximate surface area is 191 Å². The summed E-state index contributed by atoms with van der Waals surface area (Å²) in [5.74, 6) is 0.830. The minimum atomic E-state index is -4.27. The second-order valence-corrected chi connectivity index (χ2v) is 10.1. The van der Waals surface area contributed by atoms with Crippen molar-refractivity contribution in [3.8, 4) is 0 Å². The highest BCUT2D eigenvalue weighted by atomic mass is 35.5. The van der Waals surface area contributed by atoms with Crippen LogP contribution >= 0.6 is 11.6 Å². The third-order valence-electron chi connectivity index (χ3n) is 5.53. The molecule has 30 heavy (non-hydrogen) atoms. The van der Waals surface area contributed by atoms with Crippen LogP contribution in [-0.4, -0.2) is 49.5 Å². The molecule has 4 nitrogen and oxygen atoms in total. The lowest BCUT2D eigenvalue weighted by atomic mass is 10.1. The number of nitrogens with zero attached hydrogens (tertiary/aromatic N) is 1. The maximum absolute atomic E-state index is 10.4. The van der Waals surface area contributed by atoms with Gasteiger partial charge in [-0.3, -0.25) is 0 Å². The van der Waals surface area contributed by atoms with Crippen LogP contribution in [0.25, 0.3) is 0 Å². The lowest BCUT2D eigenvalue weighted by Gasteiger charge is -2.39. The van der Waals surface area contributed by atoms with E-state index in [0.717, 1.165) is 11.4 Å². The van der Waals surface area contributed by atoms with Gasteiger partial charge in [0, 0.05) is 5.88 Å². The van der Waals surface area contributed by atoms with E-state index in [-0.39, 0.29) is 4.90 Å². The Hall–Kier alpha value is -0.620. The molecular weight excluding hydrogens is 418 g/mol. The van der Waals surface area contributed by atoms with Crippen LogP contribution < -0.4 is 0 Å². The predicted molar refractivity (Wildman–Crippen MR) is 128 cm³/mol. The highest BCUT2D eigenvalue weighted by Crippen LogP contribution is 2.17. The second kappa shape index (κ2) is 17.0. The van der Waals surface area contributed by atoms with Gasteiger partial charge >= 0.3 is 0 Å². The zero-order valence-corrected chi connectivity index (χ0v) is 21.2. The number of halogens is 1. The van der Waals surface area contributed by atoms with E-state index in [0.29, 0.717) is 0 Å². The van der Waals surface area contributed by atoms with Gasteiger partial charge in [0.25, 0.3) is 0 Å². The van der Waals surface area contributed by atoms with Gasteiger partial charge < -0.3 is 9.04 Å². The number of hydrogen-bond acceptors (Lipinski definition) is 3. The molecule has 0 N–H and O–H groups in total. The number of rotatable bonds is 15. The predicted octanol–water partition coefficient (Wildman–Crippen LogP) is 6.51. The van der Waals surface area contributed by atoms with Gasteiger partial charge in [-0.05, 0) is 57.6 Å². The fraction of sp³-hybridized carbons (Fsp3) is 0.750. The molecule has 0 unspecified atom stereocenters. The number of benzene rings is 1. The molecule has 176 valence electrons. The van der Waals surface area contributed by atoms with Crippen molar-refractivity contribution in [1.29, 1.82) is 0 Å². The molecule has 0 amide bonds. The van der Waals surface area contributed by atoms with Crippen molar-refractivity contribution in [3.63, 3.8) is 0 Å². The fourth-order valence-corrected chi connectivity index (χ4v) is 4.26. The van der Waals surface area contributed by atoms with E-state index < -0.39 is 10.1 Å². The normalized spacial score (nSPS) is 11.8. The number of alkyl halides is 1. The lowest BCUT2D eigenvalue weighted by molar-refractivity contribution is -0.929. The first-order valence-electron chi connectivity index (χ1n) is 11.7. The molecule has 0 aromatic heterocycles. The molecule has 0 fully saturated rings. The smallest absolute Gasteiger partial charge is 0.124 e. The largest absolute Gasteiger partial charge is 0.744 e. The summed E-state index contributed by atoms with van der Waals surface area (Å²) in [6.45, 7) is 14.3. The molecule has 0 aliphatic heterocycles. The Morgan fingerprint density at radius 2 is 1.20 bits per heavy atom. The van der Waals surface area contributed by atoms with Crippen molar-refractivity contribution in [2.24, 2.45) is 0 Å². The van der Waals surface area contributed by atoms with E-state index in [1.54, 1.807) is 12.1 Å². The quantitative estimate of drug-likeness (QED) is 0.129. The minimum absolute atomic E-state index is 0.178. The van der Waals surface area contributed by atoms with Gasteiger partial charge in [-0.15, -0.1) is 11.6 Å². The van der Waals surface area contributed by atoms with E-state index in [1.807, 2.05) is 6.92 Å². The van der Waals surface area contributed by atoms with Crippen molar-refractivity contribution in [2.45, 2.75) is 90.4 Å². The molecule has 1 aromatic carbocycles. The van der Waals surface area contributed by atoms with E-state index >= 15 is 0 Å². The van der Waals surface area contributed by atoms with Crippen LogP contribution in [0.1, 0.15) is 84.1 Å². The van der Waals surface area contributed by atoms with E-state index in [4.69, 9.17) is 11.6 Å². The number of aryl methyl sites for hydroxylation is 1. The SMILES string of the molecule is CCCCC[N+](CCCC)(CCCC)CCCCCl.Cc1ccc(S(=O)(=O)[O-])cc1. The molecule has 0 saturated carbocycles. The Kier molecular flexibility index (Phi) is 16.6. The summed E-state index contributed by atoms with van der Waals surface area (Å²) < 4.78 is 32.5. The van der Waals surface area contributed by atoms with E-state index in [1.165, 1.54) is 101 Å². The number of unbranched alkanes of at least 4 members (excludes halogenated alkanes) is 5. The first kappa shape index (κ1) is 29.4.